The summed E-state index contributed by atoms with van der Waals surface area (Å²) in [6.07, 6.45) is 0. The first-order valence-electron chi connectivity index (χ1n) is 7.53. The number of nitrogens with one attached hydrogen (secondary N) is 1. The number of hydrogen-bond acceptors (Lipinski definition) is 5. The number of benzene rings is 1. The molecule has 1 aliphatic heterocycles. The van der Waals surface area contributed by atoms with Gasteiger partial charge in [0, 0.05) is 25.7 Å². The Morgan fingerprint density at radius 1 is 1.27 bits per heavy atom. The molecule has 1 aliphatic rings. The highest BCUT2D eigenvalue weighted by Gasteiger charge is 2.18. The van der Waals surface area contributed by atoms with Gasteiger partial charge >= 0.3 is 0 Å². The van der Waals surface area contributed by atoms with Crippen molar-refractivity contribution in [3.8, 4) is 5.75 Å². The molecule has 1 fully saturated rings. The number of para-hydroxylation sites is 1. The molecule has 0 aromatic heterocycles. The molecule has 0 bridgehead atoms. The molecule has 0 spiro atoms. The van der Waals surface area contributed by atoms with Crippen molar-refractivity contribution in [1.29, 1.82) is 0 Å². The van der Waals surface area contributed by atoms with Crippen LogP contribution >= 0.6 is 0 Å². The lowest BCUT2D eigenvalue weighted by atomic mass is 10.3. The van der Waals surface area contributed by atoms with E-state index >= 15 is 0 Å². The van der Waals surface area contributed by atoms with Crippen molar-refractivity contribution in [3.63, 3.8) is 0 Å². The number of sulfonamides is 1. The average molecular weight is 328 g/mol. The second-order valence-corrected chi connectivity index (χ2v) is 7.29. The summed E-state index contributed by atoms with van der Waals surface area (Å²) in [5.74, 6) is 0.633. The van der Waals surface area contributed by atoms with Crippen LogP contribution in [0.3, 0.4) is 0 Å². The van der Waals surface area contributed by atoms with E-state index < -0.39 is 10.0 Å². The first kappa shape index (κ1) is 17.2. The Kier molecular flexibility index (Phi) is 6.63. The van der Waals surface area contributed by atoms with Gasteiger partial charge in [0.2, 0.25) is 10.0 Å². The lowest BCUT2D eigenvalue weighted by Crippen LogP contribution is -2.46. The standard InChI is InChI=1S/C15H24N2O4S/c1-14(13-17-7-9-20-10-8-17)16-22(18,19)12-11-21-15-5-3-2-4-6-15/h2-6,14,16H,7-13H2,1H3/t14-/m0/s1. The van der Waals surface area contributed by atoms with Gasteiger partial charge < -0.3 is 9.47 Å². The van der Waals surface area contributed by atoms with Gasteiger partial charge in [0.05, 0.1) is 19.0 Å². The number of rotatable bonds is 8. The first-order valence-corrected chi connectivity index (χ1v) is 9.18. The van der Waals surface area contributed by atoms with Crippen LogP contribution in [0, 0.1) is 0 Å². The quantitative estimate of drug-likeness (QED) is 0.761. The van der Waals surface area contributed by atoms with E-state index in [1.54, 1.807) is 12.1 Å². The Balaban J connectivity index is 1.70. The predicted molar refractivity (Wildman–Crippen MR) is 85.6 cm³/mol. The van der Waals surface area contributed by atoms with Gasteiger partial charge in [-0.25, -0.2) is 13.1 Å². The fraction of sp³-hybridized carbons (Fsp3) is 0.600. The number of nitrogens with zero attached hydrogens (tertiary/aromatic N) is 1. The van der Waals surface area contributed by atoms with Gasteiger partial charge in [-0.3, -0.25) is 4.90 Å². The van der Waals surface area contributed by atoms with Crippen molar-refractivity contribution < 1.29 is 17.9 Å². The lowest BCUT2D eigenvalue weighted by molar-refractivity contribution is 0.0354. The third-order valence-electron chi connectivity index (χ3n) is 3.38. The topological polar surface area (TPSA) is 67.9 Å². The molecule has 0 radical (unpaired) electrons. The number of ether oxygens (including phenoxy) is 2. The fourth-order valence-corrected chi connectivity index (χ4v) is 3.47. The minimum atomic E-state index is -3.33. The highest BCUT2D eigenvalue weighted by atomic mass is 32.2. The van der Waals surface area contributed by atoms with E-state index in [4.69, 9.17) is 9.47 Å². The van der Waals surface area contributed by atoms with Crippen molar-refractivity contribution in [2.75, 3.05) is 45.2 Å². The van der Waals surface area contributed by atoms with E-state index in [2.05, 4.69) is 9.62 Å². The third kappa shape index (κ3) is 6.31. The van der Waals surface area contributed by atoms with Crippen molar-refractivity contribution in [2.45, 2.75) is 13.0 Å². The zero-order valence-corrected chi connectivity index (χ0v) is 13.7. The van der Waals surface area contributed by atoms with Crippen LogP contribution in [0.15, 0.2) is 30.3 Å². The first-order chi connectivity index (χ1) is 10.6. The molecule has 6 nitrogen and oxygen atoms in total. The van der Waals surface area contributed by atoms with Crippen LogP contribution < -0.4 is 9.46 Å². The van der Waals surface area contributed by atoms with Crippen LogP contribution in [0.5, 0.6) is 5.75 Å². The smallest absolute Gasteiger partial charge is 0.215 e. The molecule has 7 heteroatoms. The normalized spacial score (nSPS) is 18.0. The summed E-state index contributed by atoms with van der Waals surface area (Å²) in [4.78, 5) is 2.21. The molecular weight excluding hydrogens is 304 g/mol. The van der Waals surface area contributed by atoms with Crippen molar-refractivity contribution in [2.24, 2.45) is 0 Å². The predicted octanol–water partition coefficient (Wildman–Crippen LogP) is 0.706. The van der Waals surface area contributed by atoms with Gasteiger partial charge in [-0.05, 0) is 19.1 Å². The van der Waals surface area contributed by atoms with Crippen molar-refractivity contribution in [1.82, 2.24) is 9.62 Å². The zero-order valence-electron chi connectivity index (χ0n) is 12.9. The maximum absolute atomic E-state index is 12.0. The Labute approximate surface area is 132 Å². The van der Waals surface area contributed by atoms with Crippen molar-refractivity contribution in [3.05, 3.63) is 30.3 Å². The van der Waals surface area contributed by atoms with Crippen LogP contribution in [0.4, 0.5) is 0 Å². The number of morpholine rings is 1. The van der Waals surface area contributed by atoms with Crippen LogP contribution in [0.2, 0.25) is 0 Å². The van der Waals surface area contributed by atoms with E-state index in [0.717, 1.165) is 13.1 Å². The molecule has 1 saturated heterocycles. The van der Waals surface area contributed by atoms with E-state index in [0.29, 0.717) is 25.5 Å². The molecular formula is C15H24N2O4S. The van der Waals surface area contributed by atoms with Gasteiger partial charge in [-0.1, -0.05) is 18.2 Å². The highest BCUT2D eigenvalue weighted by Crippen LogP contribution is 2.08. The zero-order chi connectivity index (χ0) is 15.8. The van der Waals surface area contributed by atoms with E-state index in [9.17, 15) is 8.42 Å². The summed E-state index contributed by atoms with van der Waals surface area (Å²) < 4.78 is 37.5. The molecule has 1 N–H and O–H groups in total. The van der Waals surface area contributed by atoms with Gasteiger partial charge in [0.15, 0.2) is 0 Å². The van der Waals surface area contributed by atoms with Crippen LogP contribution in [-0.2, 0) is 14.8 Å². The maximum Gasteiger partial charge on any atom is 0.215 e. The van der Waals surface area contributed by atoms with Crippen LogP contribution in [-0.4, -0.2) is 64.6 Å². The number of hydrogen-bond donors (Lipinski definition) is 1. The summed E-state index contributed by atoms with van der Waals surface area (Å²) in [6.45, 7) is 5.85. The average Bonchev–Trinajstić information content (AvgIpc) is 2.48. The van der Waals surface area contributed by atoms with Gasteiger partial charge in [0.1, 0.15) is 12.4 Å². The summed E-state index contributed by atoms with van der Waals surface area (Å²) in [6, 6.07) is 9.08. The van der Waals surface area contributed by atoms with Gasteiger partial charge in [-0.2, -0.15) is 0 Å². The lowest BCUT2D eigenvalue weighted by Gasteiger charge is -2.29. The Bertz CT molecular complexity index is 530. The van der Waals surface area contributed by atoms with Crippen molar-refractivity contribution >= 4 is 10.0 Å². The second-order valence-electron chi connectivity index (χ2n) is 5.41. The third-order valence-corrected chi connectivity index (χ3v) is 4.85. The van der Waals surface area contributed by atoms with Gasteiger partial charge in [0.25, 0.3) is 0 Å². The molecule has 2 rings (SSSR count). The van der Waals surface area contributed by atoms with E-state index in [-0.39, 0.29) is 18.4 Å². The van der Waals surface area contributed by atoms with E-state index in [1.165, 1.54) is 0 Å². The molecule has 124 valence electrons. The molecule has 0 saturated carbocycles. The summed E-state index contributed by atoms with van der Waals surface area (Å²) in [7, 11) is -3.33. The minimum absolute atomic E-state index is 0.0463. The monoisotopic (exact) mass is 328 g/mol. The molecule has 0 aliphatic carbocycles. The second kappa shape index (κ2) is 8.47. The molecule has 1 atom stereocenters. The highest BCUT2D eigenvalue weighted by molar-refractivity contribution is 7.89. The maximum atomic E-state index is 12.0. The minimum Gasteiger partial charge on any atom is -0.492 e. The molecule has 1 heterocycles. The van der Waals surface area contributed by atoms with Crippen LogP contribution in [0.1, 0.15) is 6.92 Å². The molecule has 1 aromatic carbocycles. The summed E-state index contributed by atoms with van der Waals surface area (Å²) in [5.41, 5.74) is 0. The summed E-state index contributed by atoms with van der Waals surface area (Å²) in [5, 5.41) is 0. The molecule has 22 heavy (non-hydrogen) atoms. The molecule has 1 aromatic rings. The van der Waals surface area contributed by atoms with E-state index in [1.807, 2.05) is 25.1 Å². The Morgan fingerprint density at radius 3 is 2.64 bits per heavy atom. The molecule has 0 amide bonds. The Morgan fingerprint density at radius 2 is 1.95 bits per heavy atom. The Hall–Kier alpha value is -1.15. The fourth-order valence-electron chi connectivity index (χ4n) is 2.36. The SMILES string of the molecule is C[C@@H](CN1CCOCC1)NS(=O)(=O)CCOc1ccccc1. The van der Waals surface area contributed by atoms with Gasteiger partial charge in [-0.15, -0.1) is 0 Å². The largest absolute Gasteiger partial charge is 0.492 e. The van der Waals surface area contributed by atoms with Crippen LogP contribution in [0.25, 0.3) is 0 Å². The molecule has 0 unspecified atom stereocenters. The summed E-state index contributed by atoms with van der Waals surface area (Å²) >= 11 is 0.